The first-order valence-electron chi connectivity index (χ1n) is 6.82. The third kappa shape index (κ3) is 3.39. The standard InChI is InChI=1S/C15H16BrN3OS/c16-14-3-2-10(21-14)5-6-18-13-7-9-1-4-15(20)19-12(9)8-11(13)17/h2-3,7-8,18H,1,4-6,17H2,(H,19,20). The van der Waals surface area contributed by atoms with Crippen molar-refractivity contribution in [2.45, 2.75) is 19.3 Å². The van der Waals surface area contributed by atoms with Gasteiger partial charge in [0.15, 0.2) is 0 Å². The number of anilines is 3. The molecule has 1 aliphatic rings. The van der Waals surface area contributed by atoms with Crippen molar-refractivity contribution >= 4 is 50.2 Å². The van der Waals surface area contributed by atoms with E-state index in [0.717, 1.165) is 40.1 Å². The number of thiophene rings is 1. The average molecular weight is 366 g/mol. The molecule has 0 spiro atoms. The van der Waals surface area contributed by atoms with Crippen LogP contribution in [0, 0.1) is 0 Å². The van der Waals surface area contributed by atoms with Crippen LogP contribution in [0.5, 0.6) is 0 Å². The highest BCUT2D eigenvalue weighted by Gasteiger charge is 2.16. The molecule has 1 aliphatic heterocycles. The van der Waals surface area contributed by atoms with E-state index in [1.54, 1.807) is 11.3 Å². The first-order valence-corrected chi connectivity index (χ1v) is 8.43. The number of rotatable bonds is 4. The van der Waals surface area contributed by atoms with Gasteiger partial charge < -0.3 is 16.4 Å². The molecule has 1 aromatic carbocycles. The van der Waals surface area contributed by atoms with Crippen LogP contribution in [0.15, 0.2) is 28.1 Å². The number of halogens is 1. The highest BCUT2D eigenvalue weighted by Crippen LogP contribution is 2.31. The molecule has 1 aromatic heterocycles. The first-order chi connectivity index (χ1) is 10.1. The minimum atomic E-state index is 0.0610. The van der Waals surface area contributed by atoms with E-state index in [-0.39, 0.29) is 5.91 Å². The summed E-state index contributed by atoms with van der Waals surface area (Å²) in [6.07, 6.45) is 2.27. The van der Waals surface area contributed by atoms with Crippen LogP contribution in [0.2, 0.25) is 0 Å². The fourth-order valence-corrected chi connectivity index (χ4v) is 3.89. The van der Waals surface area contributed by atoms with Crippen LogP contribution in [0.4, 0.5) is 17.1 Å². The van der Waals surface area contributed by atoms with Crippen LogP contribution in [0.25, 0.3) is 0 Å². The molecule has 2 aromatic rings. The second-order valence-corrected chi connectivity index (χ2v) is 7.57. The summed E-state index contributed by atoms with van der Waals surface area (Å²) < 4.78 is 1.15. The van der Waals surface area contributed by atoms with Crippen molar-refractivity contribution < 1.29 is 4.79 Å². The lowest BCUT2D eigenvalue weighted by molar-refractivity contribution is -0.116. The molecule has 0 fully saturated rings. The van der Waals surface area contributed by atoms with E-state index >= 15 is 0 Å². The second kappa shape index (κ2) is 6.07. The zero-order valence-electron chi connectivity index (χ0n) is 11.4. The van der Waals surface area contributed by atoms with Gasteiger partial charge in [-0.2, -0.15) is 0 Å². The maximum absolute atomic E-state index is 11.4. The van der Waals surface area contributed by atoms with Crippen LogP contribution < -0.4 is 16.4 Å². The van der Waals surface area contributed by atoms with E-state index in [0.29, 0.717) is 12.1 Å². The van der Waals surface area contributed by atoms with Gasteiger partial charge in [0, 0.05) is 23.5 Å². The van der Waals surface area contributed by atoms with Crippen molar-refractivity contribution in [3.05, 3.63) is 38.5 Å². The van der Waals surface area contributed by atoms with Gasteiger partial charge in [0.2, 0.25) is 5.91 Å². The molecule has 0 bridgehead atoms. The normalized spacial score (nSPS) is 13.7. The van der Waals surface area contributed by atoms with Gasteiger partial charge in [-0.05, 0) is 58.6 Å². The molecule has 4 N–H and O–H groups in total. The van der Waals surface area contributed by atoms with Gasteiger partial charge in [-0.15, -0.1) is 11.3 Å². The van der Waals surface area contributed by atoms with Crippen molar-refractivity contribution in [1.82, 2.24) is 0 Å². The van der Waals surface area contributed by atoms with E-state index in [2.05, 4.69) is 44.8 Å². The Morgan fingerprint density at radius 1 is 1.33 bits per heavy atom. The van der Waals surface area contributed by atoms with Crippen molar-refractivity contribution in [2.75, 3.05) is 22.9 Å². The number of aryl methyl sites for hydroxylation is 1. The van der Waals surface area contributed by atoms with Crippen LogP contribution >= 0.6 is 27.3 Å². The summed E-state index contributed by atoms with van der Waals surface area (Å²) >= 11 is 5.22. The Morgan fingerprint density at radius 3 is 2.95 bits per heavy atom. The van der Waals surface area contributed by atoms with E-state index in [1.807, 2.05) is 6.07 Å². The van der Waals surface area contributed by atoms with E-state index in [4.69, 9.17) is 5.73 Å². The van der Waals surface area contributed by atoms with Crippen molar-refractivity contribution in [2.24, 2.45) is 0 Å². The van der Waals surface area contributed by atoms with Crippen LogP contribution in [-0.2, 0) is 17.6 Å². The van der Waals surface area contributed by atoms with Crippen LogP contribution in [0.3, 0.4) is 0 Å². The summed E-state index contributed by atoms with van der Waals surface area (Å²) in [4.78, 5) is 12.7. The molecule has 0 aliphatic carbocycles. The van der Waals surface area contributed by atoms with Gasteiger partial charge in [-0.25, -0.2) is 0 Å². The highest BCUT2D eigenvalue weighted by molar-refractivity contribution is 9.11. The summed E-state index contributed by atoms with van der Waals surface area (Å²) in [5.41, 5.74) is 9.66. The molecule has 3 rings (SSSR count). The molecule has 0 saturated heterocycles. The molecule has 1 amide bonds. The molecule has 0 saturated carbocycles. The minimum absolute atomic E-state index is 0.0610. The summed E-state index contributed by atoms with van der Waals surface area (Å²) in [7, 11) is 0. The van der Waals surface area contributed by atoms with Crippen molar-refractivity contribution in [3.8, 4) is 0 Å². The first kappa shape index (κ1) is 14.4. The third-order valence-corrected chi connectivity index (χ3v) is 5.17. The lowest BCUT2D eigenvalue weighted by Gasteiger charge is -2.19. The Morgan fingerprint density at radius 2 is 2.19 bits per heavy atom. The molecule has 0 atom stereocenters. The molecule has 2 heterocycles. The lowest BCUT2D eigenvalue weighted by Crippen LogP contribution is -2.19. The fourth-order valence-electron chi connectivity index (χ4n) is 2.40. The van der Waals surface area contributed by atoms with Gasteiger partial charge >= 0.3 is 0 Å². The number of nitrogens with one attached hydrogen (secondary N) is 2. The molecule has 110 valence electrons. The maximum atomic E-state index is 11.4. The molecule has 0 radical (unpaired) electrons. The quantitative estimate of drug-likeness (QED) is 0.724. The number of carbonyl (C=O) groups excluding carboxylic acids is 1. The number of benzene rings is 1. The SMILES string of the molecule is Nc1cc2c(cc1NCCc1ccc(Br)s1)CCC(=O)N2. The topological polar surface area (TPSA) is 67.1 Å². The predicted octanol–water partition coefficient (Wildman–Crippen LogP) is 3.63. The number of nitrogens with two attached hydrogens (primary N) is 1. The van der Waals surface area contributed by atoms with Crippen LogP contribution in [-0.4, -0.2) is 12.5 Å². The molecule has 6 heteroatoms. The van der Waals surface area contributed by atoms with Gasteiger partial charge in [-0.3, -0.25) is 4.79 Å². The van der Waals surface area contributed by atoms with Gasteiger partial charge in [-0.1, -0.05) is 0 Å². The van der Waals surface area contributed by atoms with E-state index in [1.165, 1.54) is 4.88 Å². The largest absolute Gasteiger partial charge is 0.397 e. The second-order valence-electron chi connectivity index (χ2n) is 5.03. The molecule has 0 unspecified atom stereocenters. The van der Waals surface area contributed by atoms with Gasteiger partial charge in [0.1, 0.15) is 0 Å². The Bertz CT molecular complexity index is 684. The number of fused-ring (bicyclic) bond motifs is 1. The minimum Gasteiger partial charge on any atom is -0.397 e. The Balaban J connectivity index is 1.67. The zero-order valence-corrected chi connectivity index (χ0v) is 13.8. The fraction of sp³-hybridized carbons (Fsp3) is 0.267. The maximum Gasteiger partial charge on any atom is 0.224 e. The van der Waals surface area contributed by atoms with Crippen molar-refractivity contribution in [3.63, 3.8) is 0 Å². The number of hydrogen-bond acceptors (Lipinski definition) is 4. The summed E-state index contributed by atoms with van der Waals surface area (Å²) in [6.45, 7) is 0.836. The summed E-state index contributed by atoms with van der Waals surface area (Å²) in [5, 5.41) is 6.25. The molecule has 21 heavy (non-hydrogen) atoms. The van der Waals surface area contributed by atoms with Crippen LogP contribution in [0.1, 0.15) is 16.9 Å². The zero-order chi connectivity index (χ0) is 14.8. The number of nitrogen functional groups attached to an aromatic ring is 1. The van der Waals surface area contributed by atoms with E-state index in [9.17, 15) is 4.79 Å². The molecular weight excluding hydrogens is 350 g/mol. The number of hydrogen-bond donors (Lipinski definition) is 3. The van der Waals surface area contributed by atoms with Gasteiger partial charge in [0.25, 0.3) is 0 Å². The number of carbonyl (C=O) groups is 1. The highest BCUT2D eigenvalue weighted by atomic mass is 79.9. The summed E-state index contributed by atoms with van der Waals surface area (Å²) in [6, 6.07) is 8.09. The third-order valence-electron chi connectivity index (χ3n) is 3.49. The number of amides is 1. The Kier molecular flexibility index (Phi) is 4.17. The van der Waals surface area contributed by atoms with Crippen molar-refractivity contribution in [1.29, 1.82) is 0 Å². The molecular formula is C15H16BrN3OS. The monoisotopic (exact) mass is 365 g/mol. The Labute approximate surface area is 135 Å². The smallest absolute Gasteiger partial charge is 0.224 e. The Hall–Kier alpha value is -1.53. The van der Waals surface area contributed by atoms with Gasteiger partial charge in [0.05, 0.1) is 15.2 Å². The predicted molar refractivity (Wildman–Crippen MR) is 92.0 cm³/mol. The van der Waals surface area contributed by atoms with E-state index < -0.39 is 0 Å². The average Bonchev–Trinajstić information content (AvgIpc) is 2.85. The lowest BCUT2D eigenvalue weighted by atomic mass is 10.0. The summed E-state index contributed by atoms with van der Waals surface area (Å²) in [5.74, 6) is 0.0610. The molecule has 4 nitrogen and oxygen atoms in total.